The third-order valence-electron chi connectivity index (χ3n) is 2.36. The number of nitro groups is 1. The van der Waals surface area contributed by atoms with Crippen molar-refractivity contribution in [3.8, 4) is 11.6 Å². The van der Waals surface area contributed by atoms with E-state index in [9.17, 15) is 10.1 Å². The van der Waals surface area contributed by atoms with Gasteiger partial charge in [0.15, 0.2) is 0 Å². The van der Waals surface area contributed by atoms with Crippen LogP contribution in [-0.2, 0) is 0 Å². The van der Waals surface area contributed by atoms with Crippen LogP contribution in [0, 0.1) is 17.0 Å². The van der Waals surface area contributed by atoms with Gasteiger partial charge in [0.05, 0.1) is 10.6 Å². The van der Waals surface area contributed by atoms with Crippen molar-refractivity contribution in [2.24, 2.45) is 0 Å². The van der Waals surface area contributed by atoms with Crippen molar-refractivity contribution in [3.05, 3.63) is 50.6 Å². The first kappa shape index (κ1) is 13.3. The smallest absolute Gasteiger partial charge is 0.311 e. The topological polar surface area (TPSA) is 91.3 Å². The molecule has 0 aliphatic heterocycles. The molecule has 2 rings (SSSR count). The van der Waals surface area contributed by atoms with Gasteiger partial charge in [-0.2, -0.15) is 0 Å². The van der Waals surface area contributed by atoms with Crippen molar-refractivity contribution in [2.75, 3.05) is 5.73 Å². The van der Waals surface area contributed by atoms with E-state index < -0.39 is 4.92 Å². The van der Waals surface area contributed by atoms with Gasteiger partial charge in [0.25, 0.3) is 0 Å². The van der Waals surface area contributed by atoms with E-state index in [-0.39, 0.29) is 17.3 Å². The number of pyridine rings is 1. The van der Waals surface area contributed by atoms with Crippen LogP contribution in [0.15, 0.2) is 34.9 Å². The number of nitrogen functional groups attached to an aromatic ring is 1. The zero-order chi connectivity index (χ0) is 14.0. The van der Waals surface area contributed by atoms with Gasteiger partial charge in [0.1, 0.15) is 0 Å². The molecule has 0 radical (unpaired) electrons. The molecular formula is C12H10BrN3O3. The minimum atomic E-state index is -0.510. The summed E-state index contributed by atoms with van der Waals surface area (Å²) in [6.07, 6.45) is 1.51. The molecule has 19 heavy (non-hydrogen) atoms. The summed E-state index contributed by atoms with van der Waals surface area (Å²) >= 11 is 3.22. The lowest BCUT2D eigenvalue weighted by molar-refractivity contribution is -0.385. The Morgan fingerprint density at radius 2 is 2.16 bits per heavy atom. The van der Waals surface area contributed by atoms with Crippen molar-refractivity contribution in [1.82, 2.24) is 4.98 Å². The second-order valence-corrected chi connectivity index (χ2v) is 4.79. The second kappa shape index (κ2) is 5.23. The van der Waals surface area contributed by atoms with Crippen LogP contribution in [0.25, 0.3) is 0 Å². The lowest BCUT2D eigenvalue weighted by Crippen LogP contribution is -1.98. The number of ether oxygens (including phenoxy) is 1. The molecule has 0 aliphatic carbocycles. The molecule has 1 heterocycles. The summed E-state index contributed by atoms with van der Waals surface area (Å²) in [7, 11) is 0. The van der Waals surface area contributed by atoms with E-state index in [1.54, 1.807) is 18.2 Å². The first-order chi connectivity index (χ1) is 8.97. The Bertz CT molecular complexity index is 646. The maximum atomic E-state index is 10.9. The average Bonchev–Trinajstić information content (AvgIpc) is 2.32. The minimum absolute atomic E-state index is 0.117. The predicted octanol–water partition coefficient (Wildman–Crippen LogP) is 3.44. The van der Waals surface area contributed by atoms with Gasteiger partial charge in [-0.15, -0.1) is 0 Å². The highest BCUT2D eigenvalue weighted by atomic mass is 79.9. The highest BCUT2D eigenvalue weighted by molar-refractivity contribution is 9.10. The molecular weight excluding hydrogens is 314 g/mol. The minimum Gasteiger partial charge on any atom is -0.430 e. The summed E-state index contributed by atoms with van der Waals surface area (Å²) in [6, 6.07) is 6.22. The molecule has 0 spiro atoms. The van der Waals surface area contributed by atoms with E-state index in [1.165, 1.54) is 12.3 Å². The molecule has 98 valence electrons. The number of aromatic nitrogens is 1. The maximum Gasteiger partial charge on any atom is 0.311 e. The van der Waals surface area contributed by atoms with Crippen LogP contribution in [-0.4, -0.2) is 9.91 Å². The Kier molecular flexibility index (Phi) is 3.66. The largest absolute Gasteiger partial charge is 0.430 e. The first-order valence-corrected chi connectivity index (χ1v) is 6.10. The van der Waals surface area contributed by atoms with E-state index in [0.717, 1.165) is 5.56 Å². The fourth-order valence-corrected chi connectivity index (χ4v) is 1.83. The van der Waals surface area contributed by atoms with Crippen LogP contribution >= 0.6 is 15.9 Å². The molecule has 7 heteroatoms. The lowest BCUT2D eigenvalue weighted by atomic mass is 10.2. The van der Waals surface area contributed by atoms with Crippen LogP contribution in [0.4, 0.5) is 11.4 Å². The van der Waals surface area contributed by atoms with Crippen molar-refractivity contribution in [1.29, 1.82) is 0 Å². The number of nitrogens with two attached hydrogens (primary N) is 1. The Labute approximate surface area is 117 Å². The summed E-state index contributed by atoms with van der Waals surface area (Å²) < 4.78 is 6.14. The van der Waals surface area contributed by atoms with Gasteiger partial charge in [-0.3, -0.25) is 10.1 Å². The lowest BCUT2D eigenvalue weighted by Gasteiger charge is -2.08. The molecule has 0 saturated carbocycles. The fourth-order valence-electron chi connectivity index (χ4n) is 1.49. The predicted molar refractivity (Wildman–Crippen MR) is 74.3 cm³/mol. The van der Waals surface area contributed by atoms with Crippen LogP contribution in [0.5, 0.6) is 11.6 Å². The molecule has 1 aromatic carbocycles. The molecule has 6 nitrogen and oxygen atoms in total. The molecule has 2 aromatic rings. The van der Waals surface area contributed by atoms with E-state index in [0.29, 0.717) is 10.2 Å². The average molecular weight is 324 g/mol. The summed E-state index contributed by atoms with van der Waals surface area (Å²) in [4.78, 5) is 14.4. The molecule has 0 bridgehead atoms. The van der Waals surface area contributed by atoms with Crippen molar-refractivity contribution < 1.29 is 9.66 Å². The summed E-state index contributed by atoms with van der Waals surface area (Å²) in [5.41, 5.74) is 6.76. The molecule has 0 atom stereocenters. The Balaban J connectivity index is 2.42. The van der Waals surface area contributed by atoms with E-state index in [4.69, 9.17) is 10.5 Å². The Morgan fingerprint density at radius 1 is 1.42 bits per heavy atom. The van der Waals surface area contributed by atoms with Gasteiger partial charge in [0.2, 0.25) is 11.6 Å². The molecule has 1 aromatic heterocycles. The number of hydrogen-bond donors (Lipinski definition) is 1. The number of aryl methyl sites for hydroxylation is 1. The number of anilines is 1. The zero-order valence-corrected chi connectivity index (χ0v) is 11.5. The third kappa shape index (κ3) is 3.00. The zero-order valence-electron chi connectivity index (χ0n) is 9.96. The molecule has 0 aliphatic rings. The summed E-state index contributed by atoms with van der Waals surface area (Å²) in [5, 5.41) is 10.9. The molecule has 2 N–H and O–H groups in total. The number of rotatable bonds is 3. The number of nitro benzene ring substituents is 1. The normalized spacial score (nSPS) is 10.2. The van der Waals surface area contributed by atoms with Crippen LogP contribution < -0.4 is 10.5 Å². The summed E-state index contributed by atoms with van der Waals surface area (Å²) in [6.45, 7) is 1.81. The van der Waals surface area contributed by atoms with Crippen LogP contribution in [0.3, 0.4) is 0 Å². The van der Waals surface area contributed by atoms with Gasteiger partial charge in [-0.1, -0.05) is 6.07 Å². The fraction of sp³-hybridized carbons (Fsp3) is 0.0833. The highest BCUT2D eigenvalue weighted by Gasteiger charge is 2.17. The third-order valence-corrected chi connectivity index (χ3v) is 2.80. The monoisotopic (exact) mass is 323 g/mol. The Morgan fingerprint density at radius 3 is 2.79 bits per heavy atom. The van der Waals surface area contributed by atoms with Crippen molar-refractivity contribution in [2.45, 2.75) is 6.92 Å². The number of nitrogens with zero attached hydrogens (tertiary/aromatic N) is 2. The van der Waals surface area contributed by atoms with Crippen LogP contribution in [0.1, 0.15) is 5.56 Å². The van der Waals surface area contributed by atoms with E-state index >= 15 is 0 Å². The van der Waals surface area contributed by atoms with Gasteiger partial charge >= 0.3 is 5.69 Å². The molecule has 0 fully saturated rings. The molecule has 0 amide bonds. The SMILES string of the molecule is Cc1ccc([N+](=O)[O-])c(Oc2ncc(Br)cc2N)c1. The van der Waals surface area contributed by atoms with Gasteiger partial charge in [-0.05, 0) is 40.5 Å². The van der Waals surface area contributed by atoms with Gasteiger partial charge in [0, 0.05) is 16.7 Å². The maximum absolute atomic E-state index is 10.9. The molecule has 0 unspecified atom stereocenters. The van der Waals surface area contributed by atoms with Gasteiger partial charge < -0.3 is 10.5 Å². The summed E-state index contributed by atoms with van der Waals surface area (Å²) in [5.74, 6) is 0.253. The quantitative estimate of drug-likeness (QED) is 0.690. The highest BCUT2D eigenvalue weighted by Crippen LogP contribution is 2.34. The standard InChI is InChI=1S/C12H10BrN3O3/c1-7-2-3-10(16(17)18)11(4-7)19-12-9(14)5-8(13)6-15-12/h2-6H,14H2,1H3. The number of halogens is 1. The van der Waals surface area contributed by atoms with Gasteiger partial charge in [-0.25, -0.2) is 4.98 Å². The van der Waals surface area contributed by atoms with Crippen molar-refractivity contribution >= 4 is 27.3 Å². The first-order valence-electron chi connectivity index (χ1n) is 5.31. The molecule has 0 saturated heterocycles. The van der Waals surface area contributed by atoms with Crippen molar-refractivity contribution in [3.63, 3.8) is 0 Å². The number of benzene rings is 1. The van der Waals surface area contributed by atoms with E-state index in [1.807, 2.05) is 6.92 Å². The van der Waals surface area contributed by atoms with Crippen LogP contribution in [0.2, 0.25) is 0 Å². The number of hydrogen-bond acceptors (Lipinski definition) is 5. The second-order valence-electron chi connectivity index (χ2n) is 3.88. The Hall–Kier alpha value is -2.15. The van der Waals surface area contributed by atoms with E-state index in [2.05, 4.69) is 20.9 Å².